The quantitative estimate of drug-likeness (QED) is 0.801. The lowest BCUT2D eigenvalue weighted by Crippen LogP contribution is -2.44. The largest absolute Gasteiger partial charge is 0.480 e. The van der Waals surface area contributed by atoms with Crippen molar-refractivity contribution in [2.24, 2.45) is 0 Å². The summed E-state index contributed by atoms with van der Waals surface area (Å²) < 4.78 is 5.24. The summed E-state index contributed by atoms with van der Waals surface area (Å²) >= 11 is 0. The molecule has 21 heavy (non-hydrogen) atoms. The van der Waals surface area contributed by atoms with Crippen LogP contribution in [0.1, 0.15) is 44.4 Å². The van der Waals surface area contributed by atoms with Crippen molar-refractivity contribution in [1.29, 1.82) is 0 Å². The van der Waals surface area contributed by atoms with Crippen LogP contribution in [0.25, 0.3) is 0 Å². The van der Waals surface area contributed by atoms with E-state index in [0.717, 1.165) is 25.7 Å². The van der Waals surface area contributed by atoms with Crippen LogP contribution in [0.15, 0.2) is 22.8 Å². The average Bonchev–Trinajstić information content (AvgIpc) is 3.11. The molecule has 1 heterocycles. The Hall–Kier alpha value is -1.82. The van der Waals surface area contributed by atoms with Gasteiger partial charge < -0.3 is 14.8 Å². The second-order valence-electron chi connectivity index (χ2n) is 5.54. The number of rotatable bonds is 7. The van der Waals surface area contributed by atoms with Gasteiger partial charge in [-0.05, 0) is 31.9 Å². The Bertz CT molecular complexity index is 466. The zero-order chi connectivity index (χ0) is 15.2. The highest BCUT2D eigenvalue weighted by Gasteiger charge is 2.26. The van der Waals surface area contributed by atoms with Crippen molar-refractivity contribution in [3.05, 3.63) is 24.2 Å². The van der Waals surface area contributed by atoms with E-state index >= 15 is 0 Å². The topological polar surface area (TPSA) is 82.8 Å². The Morgan fingerprint density at radius 2 is 2.14 bits per heavy atom. The number of carbonyl (C=O) groups excluding carboxylic acids is 1. The number of carbonyl (C=O) groups is 2. The third kappa shape index (κ3) is 4.60. The highest BCUT2D eigenvalue weighted by molar-refractivity contribution is 5.79. The lowest BCUT2D eigenvalue weighted by molar-refractivity contribution is -0.139. The zero-order valence-electron chi connectivity index (χ0n) is 12.2. The second-order valence-corrected chi connectivity index (χ2v) is 5.54. The SMILES string of the molecule is CC(NC(=O)CN(CC(=O)O)C1CCCC1)c1ccco1. The summed E-state index contributed by atoms with van der Waals surface area (Å²) in [7, 11) is 0. The van der Waals surface area contributed by atoms with E-state index in [9.17, 15) is 9.59 Å². The van der Waals surface area contributed by atoms with Gasteiger partial charge in [-0.1, -0.05) is 12.8 Å². The van der Waals surface area contributed by atoms with E-state index in [0.29, 0.717) is 5.76 Å². The maximum Gasteiger partial charge on any atom is 0.317 e. The van der Waals surface area contributed by atoms with Crippen LogP contribution in [0.4, 0.5) is 0 Å². The summed E-state index contributed by atoms with van der Waals surface area (Å²) in [6.45, 7) is 1.86. The minimum atomic E-state index is -0.895. The van der Waals surface area contributed by atoms with Crippen LogP contribution in [0.2, 0.25) is 0 Å². The number of amides is 1. The van der Waals surface area contributed by atoms with Gasteiger partial charge in [0.1, 0.15) is 5.76 Å². The number of aliphatic carboxylic acids is 1. The molecule has 0 bridgehead atoms. The minimum Gasteiger partial charge on any atom is -0.480 e. The highest BCUT2D eigenvalue weighted by Crippen LogP contribution is 2.23. The Balaban J connectivity index is 1.89. The normalized spacial score (nSPS) is 17.0. The predicted molar refractivity (Wildman–Crippen MR) is 76.7 cm³/mol. The molecule has 1 amide bonds. The monoisotopic (exact) mass is 294 g/mol. The lowest BCUT2D eigenvalue weighted by atomic mass is 10.2. The number of carboxylic acids is 1. The van der Waals surface area contributed by atoms with E-state index in [-0.39, 0.29) is 31.1 Å². The van der Waals surface area contributed by atoms with Crippen molar-refractivity contribution in [2.45, 2.75) is 44.7 Å². The molecule has 1 aliphatic carbocycles. The van der Waals surface area contributed by atoms with E-state index in [2.05, 4.69) is 5.32 Å². The first kappa shape index (κ1) is 15.6. The van der Waals surface area contributed by atoms with Crippen molar-refractivity contribution in [3.63, 3.8) is 0 Å². The second kappa shape index (κ2) is 7.26. The molecule has 0 aromatic carbocycles. The summed E-state index contributed by atoms with van der Waals surface area (Å²) in [4.78, 5) is 24.8. The maximum absolute atomic E-state index is 12.1. The van der Waals surface area contributed by atoms with E-state index in [1.807, 2.05) is 6.92 Å². The molecule has 0 aliphatic heterocycles. The van der Waals surface area contributed by atoms with E-state index in [1.54, 1.807) is 23.3 Å². The Morgan fingerprint density at radius 1 is 1.43 bits per heavy atom. The Labute approximate surface area is 124 Å². The van der Waals surface area contributed by atoms with Gasteiger partial charge in [0, 0.05) is 6.04 Å². The standard InChI is InChI=1S/C15H22N2O4/c1-11(13-7-4-8-21-13)16-14(18)9-17(10-15(19)20)12-5-2-3-6-12/h4,7-8,11-12H,2-3,5-6,9-10H2,1H3,(H,16,18)(H,19,20). The van der Waals surface area contributed by atoms with E-state index < -0.39 is 5.97 Å². The van der Waals surface area contributed by atoms with Gasteiger partial charge in [-0.3, -0.25) is 14.5 Å². The number of hydrogen-bond acceptors (Lipinski definition) is 4. The highest BCUT2D eigenvalue weighted by atomic mass is 16.4. The van der Waals surface area contributed by atoms with Crippen molar-refractivity contribution >= 4 is 11.9 Å². The first-order valence-electron chi connectivity index (χ1n) is 7.35. The molecule has 6 heteroatoms. The smallest absolute Gasteiger partial charge is 0.317 e. The summed E-state index contributed by atoms with van der Waals surface area (Å²) in [6, 6.07) is 3.55. The molecule has 2 N–H and O–H groups in total. The van der Waals surface area contributed by atoms with Gasteiger partial charge in [0.25, 0.3) is 0 Å². The molecule has 1 fully saturated rings. The first-order valence-corrected chi connectivity index (χ1v) is 7.35. The molecule has 1 aromatic heterocycles. The third-order valence-corrected chi connectivity index (χ3v) is 3.87. The third-order valence-electron chi connectivity index (χ3n) is 3.87. The number of furan rings is 1. The molecule has 0 saturated heterocycles. The van der Waals surface area contributed by atoms with Crippen LogP contribution >= 0.6 is 0 Å². The average molecular weight is 294 g/mol. The summed E-state index contributed by atoms with van der Waals surface area (Å²) in [6.07, 6.45) is 5.70. The van der Waals surface area contributed by atoms with Gasteiger partial charge >= 0.3 is 5.97 Å². The summed E-state index contributed by atoms with van der Waals surface area (Å²) in [5, 5.41) is 11.8. The molecule has 116 valence electrons. The van der Waals surface area contributed by atoms with E-state index in [4.69, 9.17) is 9.52 Å². The van der Waals surface area contributed by atoms with Crippen LogP contribution in [0.3, 0.4) is 0 Å². The molecule has 1 atom stereocenters. The van der Waals surface area contributed by atoms with Crippen LogP contribution in [-0.2, 0) is 9.59 Å². The molecular weight excluding hydrogens is 272 g/mol. The van der Waals surface area contributed by atoms with Gasteiger partial charge in [-0.25, -0.2) is 0 Å². The zero-order valence-corrected chi connectivity index (χ0v) is 12.2. The fraction of sp³-hybridized carbons (Fsp3) is 0.600. The summed E-state index contributed by atoms with van der Waals surface area (Å²) in [5.74, 6) is -0.380. The molecule has 0 radical (unpaired) electrons. The van der Waals surface area contributed by atoms with Crippen LogP contribution in [0.5, 0.6) is 0 Å². The fourth-order valence-electron chi connectivity index (χ4n) is 2.84. The van der Waals surface area contributed by atoms with Gasteiger partial charge in [-0.15, -0.1) is 0 Å². The van der Waals surface area contributed by atoms with Gasteiger partial charge in [-0.2, -0.15) is 0 Å². The fourth-order valence-corrected chi connectivity index (χ4v) is 2.84. The molecule has 1 unspecified atom stereocenters. The van der Waals surface area contributed by atoms with E-state index in [1.165, 1.54) is 0 Å². The lowest BCUT2D eigenvalue weighted by Gasteiger charge is -2.26. The molecular formula is C15H22N2O4. The molecule has 1 saturated carbocycles. The van der Waals surface area contributed by atoms with Crippen LogP contribution in [0, 0.1) is 0 Å². The van der Waals surface area contributed by atoms with Crippen molar-refractivity contribution in [2.75, 3.05) is 13.1 Å². The molecule has 1 aromatic rings. The molecule has 6 nitrogen and oxygen atoms in total. The first-order chi connectivity index (χ1) is 10.1. The number of nitrogens with one attached hydrogen (secondary N) is 1. The van der Waals surface area contributed by atoms with Crippen molar-refractivity contribution in [3.8, 4) is 0 Å². The van der Waals surface area contributed by atoms with Crippen LogP contribution < -0.4 is 5.32 Å². The Kier molecular flexibility index (Phi) is 5.38. The molecule has 1 aliphatic rings. The van der Waals surface area contributed by atoms with Gasteiger partial charge in [0.2, 0.25) is 5.91 Å². The number of nitrogens with zero attached hydrogens (tertiary/aromatic N) is 1. The Morgan fingerprint density at radius 3 is 2.71 bits per heavy atom. The van der Waals surface area contributed by atoms with Crippen LogP contribution in [-0.4, -0.2) is 41.0 Å². The minimum absolute atomic E-state index is 0.0901. The number of hydrogen-bond donors (Lipinski definition) is 2. The summed E-state index contributed by atoms with van der Waals surface area (Å²) in [5.41, 5.74) is 0. The molecule has 0 spiro atoms. The van der Waals surface area contributed by atoms with Gasteiger partial charge in [0.05, 0.1) is 25.4 Å². The number of carboxylic acid groups (broad SMARTS) is 1. The van der Waals surface area contributed by atoms with Crippen molar-refractivity contribution < 1.29 is 19.1 Å². The maximum atomic E-state index is 12.1. The predicted octanol–water partition coefficient (Wildman–Crippen LogP) is 1.79. The van der Waals surface area contributed by atoms with Crippen molar-refractivity contribution in [1.82, 2.24) is 10.2 Å². The molecule has 2 rings (SSSR count). The van der Waals surface area contributed by atoms with Gasteiger partial charge in [0.15, 0.2) is 0 Å².